The predicted octanol–water partition coefficient (Wildman–Crippen LogP) is 5.67. The Morgan fingerprint density at radius 2 is 1.79 bits per heavy atom. The topological polar surface area (TPSA) is 77.4 Å². The number of hydrogen-bond donors (Lipinski definition) is 2. The number of rotatable bonds is 5. The molecule has 3 unspecified atom stereocenters. The Morgan fingerprint density at radius 3 is 2.54 bits per heavy atom. The van der Waals surface area contributed by atoms with Crippen molar-refractivity contribution in [2.45, 2.75) is 59.0 Å². The zero-order valence-electron chi connectivity index (χ0n) is 23.4. The predicted molar refractivity (Wildman–Crippen MR) is 159 cm³/mol. The lowest BCUT2D eigenvalue weighted by molar-refractivity contribution is 0.142. The van der Waals surface area contributed by atoms with Gasteiger partial charge in [0, 0.05) is 61.0 Å². The van der Waals surface area contributed by atoms with Crippen LogP contribution < -0.4 is 15.1 Å². The maximum absolute atomic E-state index is 10.5. The molecule has 0 spiro atoms. The van der Waals surface area contributed by atoms with Gasteiger partial charge in [0.2, 0.25) is 5.95 Å². The number of aryl methyl sites for hydroxylation is 1. The Hall–Kier alpha value is -3.45. The molecular weight excluding hydrogens is 484 g/mol. The summed E-state index contributed by atoms with van der Waals surface area (Å²) in [7, 11) is 0. The van der Waals surface area contributed by atoms with Gasteiger partial charge in [-0.2, -0.15) is 4.98 Å². The number of pyridine rings is 1. The molecule has 3 aliphatic heterocycles. The van der Waals surface area contributed by atoms with Crippen molar-refractivity contribution in [3.05, 3.63) is 48.2 Å². The molecule has 3 aliphatic rings. The average molecular weight is 523 g/mol. The van der Waals surface area contributed by atoms with Crippen LogP contribution in [0.15, 0.2) is 42.6 Å². The molecule has 3 fully saturated rings. The van der Waals surface area contributed by atoms with Crippen LogP contribution in [0.4, 0.5) is 11.8 Å². The summed E-state index contributed by atoms with van der Waals surface area (Å²) in [6.45, 7) is 13.0. The van der Waals surface area contributed by atoms with Crippen molar-refractivity contribution in [3.63, 3.8) is 0 Å². The maximum Gasteiger partial charge on any atom is 0.227 e. The quantitative estimate of drug-likeness (QED) is 0.350. The summed E-state index contributed by atoms with van der Waals surface area (Å²) in [6, 6.07) is 12.8. The highest BCUT2D eigenvalue weighted by Crippen LogP contribution is 2.43. The van der Waals surface area contributed by atoms with Crippen molar-refractivity contribution in [3.8, 4) is 17.0 Å². The van der Waals surface area contributed by atoms with Gasteiger partial charge in [-0.15, -0.1) is 0 Å². The molecule has 3 saturated heterocycles. The molecule has 0 saturated carbocycles. The van der Waals surface area contributed by atoms with E-state index in [0.29, 0.717) is 23.4 Å². The van der Waals surface area contributed by atoms with Crippen LogP contribution in [0, 0.1) is 18.3 Å². The van der Waals surface area contributed by atoms with Crippen molar-refractivity contribution < 1.29 is 5.11 Å². The SMILES string of the molecule is CCC(C)C1(C)CN(c2nc(N3CC4CCC(C3)N4)c3cnc(-c4cc(O)cc5ccccc45)c(C)c3n2)C1. The number of nitrogens with one attached hydrogen (secondary N) is 1. The van der Waals surface area contributed by atoms with E-state index in [-0.39, 0.29) is 5.75 Å². The maximum atomic E-state index is 10.5. The van der Waals surface area contributed by atoms with E-state index in [1.807, 2.05) is 36.5 Å². The third-order valence-corrected chi connectivity index (χ3v) is 9.75. The lowest BCUT2D eigenvalue weighted by Crippen LogP contribution is -2.58. The van der Waals surface area contributed by atoms with Crippen molar-refractivity contribution >= 4 is 33.4 Å². The normalized spacial score (nSPS) is 22.9. The minimum Gasteiger partial charge on any atom is -0.508 e. The summed E-state index contributed by atoms with van der Waals surface area (Å²) in [5, 5.41) is 17.4. The number of hydrogen-bond acceptors (Lipinski definition) is 7. The van der Waals surface area contributed by atoms with Crippen LogP contribution in [0.25, 0.3) is 32.9 Å². The number of fused-ring (bicyclic) bond motifs is 4. The first-order valence-electron chi connectivity index (χ1n) is 14.5. The third-order valence-electron chi connectivity index (χ3n) is 9.75. The Balaban J connectivity index is 1.38. The Bertz CT molecular complexity index is 1570. The lowest BCUT2D eigenvalue weighted by Gasteiger charge is -2.51. The van der Waals surface area contributed by atoms with Gasteiger partial charge in [0.25, 0.3) is 0 Å². The molecule has 2 aromatic heterocycles. The van der Waals surface area contributed by atoms with E-state index in [9.17, 15) is 5.11 Å². The van der Waals surface area contributed by atoms with Crippen LogP contribution in [0.3, 0.4) is 0 Å². The Kier molecular flexibility index (Phi) is 5.70. The van der Waals surface area contributed by atoms with Crippen molar-refractivity contribution in [1.29, 1.82) is 0 Å². The van der Waals surface area contributed by atoms with Gasteiger partial charge in [-0.25, -0.2) is 4.98 Å². The number of anilines is 2. The van der Waals surface area contributed by atoms with E-state index < -0.39 is 0 Å². The second-order valence-electron chi connectivity index (χ2n) is 12.4. The average Bonchev–Trinajstić information content (AvgIpc) is 3.27. The van der Waals surface area contributed by atoms with Gasteiger partial charge in [0.15, 0.2) is 0 Å². The van der Waals surface area contributed by atoms with Gasteiger partial charge in [-0.3, -0.25) is 4.98 Å². The summed E-state index contributed by atoms with van der Waals surface area (Å²) in [6.07, 6.45) is 5.59. The zero-order valence-corrected chi connectivity index (χ0v) is 23.4. The standard InChI is InChI=1S/C32H38N6O/c1-5-19(2)32(4)17-38(18-32)31-35-29-20(3)28(26-13-24(39)12-21-8-6-7-9-25(21)26)33-14-27(29)30(36-31)37-15-22-10-11-23(16-37)34-22/h6-9,12-14,19,22-23,34,39H,5,10-11,15-18H2,1-4H3. The molecule has 7 heteroatoms. The van der Waals surface area contributed by atoms with Crippen molar-refractivity contribution in [2.75, 3.05) is 36.0 Å². The molecule has 7 nitrogen and oxygen atoms in total. The van der Waals surface area contributed by atoms with E-state index in [4.69, 9.17) is 15.0 Å². The fourth-order valence-corrected chi connectivity index (χ4v) is 7.08. The second kappa shape index (κ2) is 9.05. The first kappa shape index (κ1) is 24.6. The first-order valence-corrected chi connectivity index (χ1v) is 14.5. The highest BCUT2D eigenvalue weighted by atomic mass is 16.3. The Labute approximate surface area is 230 Å². The molecule has 202 valence electrons. The number of benzene rings is 2. The highest BCUT2D eigenvalue weighted by molar-refractivity contribution is 6.01. The molecule has 2 aromatic carbocycles. The van der Waals surface area contributed by atoms with Gasteiger partial charge in [0.05, 0.1) is 16.6 Å². The van der Waals surface area contributed by atoms with Crippen LogP contribution in [-0.4, -0.2) is 58.3 Å². The summed E-state index contributed by atoms with van der Waals surface area (Å²) >= 11 is 0. The molecule has 2 bridgehead atoms. The summed E-state index contributed by atoms with van der Waals surface area (Å²) in [5.74, 6) is 2.74. The number of phenolic OH excluding ortho intramolecular Hbond substituents is 1. The van der Waals surface area contributed by atoms with Crippen LogP contribution in [0.2, 0.25) is 0 Å². The van der Waals surface area contributed by atoms with E-state index in [0.717, 1.165) is 76.4 Å². The molecular formula is C32H38N6O. The minimum atomic E-state index is 0.246. The summed E-state index contributed by atoms with van der Waals surface area (Å²) in [5.41, 5.74) is 4.06. The second-order valence-corrected chi connectivity index (χ2v) is 12.4. The molecule has 4 aromatic rings. The molecule has 2 N–H and O–H groups in total. The summed E-state index contributed by atoms with van der Waals surface area (Å²) < 4.78 is 0. The molecule has 39 heavy (non-hydrogen) atoms. The van der Waals surface area contributed by atoms with E-state index in [1.54, 1.807) is 0 Å². The zero-order chi connectivity index (χ0) is 26.9. The minimum absolute atomic E-state index is 0.246. The highest BCUT2D eigenvalue weighted by Gasteiger charge is 2.44. The number of nitrogens with zero attached hydrogens (tertiary/aromatic N) is 5. The van der Waals surface area contributed by atoms with Crippen LogP contribution in [0.1, 0.15) is 45.6 Å². The third kappa shape index (κ3) is 4.01. The molecule has 0 aliphatic carbocycles. The number of aromatic nitrogens is 3. The van der Waals surface area contributed by atoms with Gasteiger partial charge in [0.1, 0.15) is 11.6 Å². The van der Waals surface area contributed by atoms with E-state index >= 15 is 0 Å². The largest absolute Gasteiger partial charge is 0.508 e. The first-order chi connectivity index (χ1) is 18.8. The van der Waals surface area contributed by atoms with Crippen LogP contribution in [-0.2, 0) is 0 Å². The molecule has 5 heterocycles. The van der Waals surface area contributed by atoms with Crippen LogP contribution >= 0.6 is 0 Å². The molecule has 0 radical (unpaired) electrons. The lowest BCUT2D eigenvalue weighted by atomic mass is 9.71. The number of piperazine rings is 1. The monoisotopic (exact) mass is 522 g/mol. The van der Waals surface area contributed by atoms with E-state index in [2.05, 4.69) is 48.9 Å². The van der Waals surface area contributed by atoms with Gasteiger partial charge in [-0.05, 0) is 48.6 Å². The molecule has 0 amide bonds. The smallest absolute Gasteiger partial charge is 0.227 e. The van der Waals surface area contributed by atoms with Crippen molar-refractivity contribution in [2.24, 2.45) is 11.3 Å². The number of phenols is 1. The molecule has 7 rings (SSSR count). The van der Waals surface area contributed by atoms with Crippen molar-refractivity contribution in [1.82, 2.24) is 20.3 Å². The van der Waals surface area contributed by atoms with Gasteiger partial charge in [-0.1, -0.05) is 51.5 Å². The van der Waals surface area contributed by atoms with E-state index in [1.165, 1.54) is 19.3 Å². The van der Waals surface area contributed by atoms with Gasteiger partial charge >= 0.3 is 0 Å². The fraction of sp³-hybridized carbons (Fsp3) is 0.469. The van der Waals surface area contributed by atoms with Crippen LogP contribution in [0.5, 0.6) is 5.75 Å². The number of aromatic hydroxyl groups is 1. The fourth-order valence-electron chi connectivity index (χ4n) is 7.08. The molecule has 3 atom stereocenters. The Morgan fingerprint density at radius 1 is 1.05 bits per heavy atom. The van der Waals surface area contributed by atoms with Gasteiger partial charge < -0.3 is 20.2 Å². The summed E-state index contributed by atoms with van der Waals surface area (Å²) in [4.78, 5) is 20.3.